The van der Waals surface area contributed by atoms with Crippen LogP contribution in [0.15, 0.2) is 66.2 Å². The topological polar surface area (TPSA) is 62.1 Å². The summed E-state index contributed by atoms with van der Waals surface area (Å²) in [6.45, 7) is 0.304. The molecule has 156 valence electrons. The number of carbonyl (C=O) groups is 1. The molecular weight excluding hydrogens is 570 g/mol. The van der Waals surface area contributed by atoms with Crippen molar-refractivity contribution in [2.24, 2.45) is 0 Å². The summed E-state index contributed by atoms with van der Waals surface area (Å²) in [5.74, 6) is -0.223. The van der Waals surface area contributed by atoms with Crippen LogP contribution in [0.3, 0.4) is 0 Å². The average Bonchev–Trinajstić information content (AvgIpc) is 2.74. The number of hydrogen-bond acceptors (Lipinski definition) is 3. The summed E-state index contributed by atoms with van der Waals surface area (Å²) in [6, 6.07) is 19.5. The molecule has 4 nitrogen and oxygen atoms in total. The Morgan fingerprint density at radius 2 is 1.65 bits per heavy atom. The molecule has 0 spiro atoms. The molecule has 0 saturated heterocycles. The Kier molecular flexibility index (Phi) is 8.22. The number of rotatable bonds is 6. The van der Waals surface area contributed by atoms with Crippen molar-refractivity contribution in [2.45, 2.75) is 6.61 Å². The summed E-state index contributed by atoms with van der Waals surface area (Å²) in [6.07, 6.45) is 1.41. The molecule has 0 aliphatic rings. The highest BCUT2D eigenvalue weighted by Gasteiger charge is 2.13. The van der Waals surface area contributed by atoms with Crippen molar-refractivity contribution in [1.82, 2.24) is 0 Å². The minimum atomic E-state index is -0.559. The largest absolute Gasteiger partial charge is 0.486 e. The molecule has 0 aliphatic heterocycles. The van der Waals surface area contributed by atoms with Crippen molar-refractivity contribution in [3.05, 3.63) is 96.0 Å². The minimum absolute atomic E-state index is 0.102. The lowest BCUT2D eigenvalue weighted by molar-refractivity contribution is -0.112. The molecule has 0 heterocycles. The Labute approximate surface area is 208 Å². The summed E-state index contributed by atoms with van der Waals surface area (Å²) in [7, 11) is 0. The molecule has 31 heavy (non-hydrogen) atoms. The van der Waals surface area contributed by atoms with E-state index in [1.807, 2.05) is 30.3 Å². The summed E-state index contributed by atoms with van der Waals surface area (Å²) in [5.41, 5.74) is 1.89. The van der Waals surface area contributed by atoms with Gasteiger partial charge < -0.3 is 10.1 Å². The Morgan fingerprint density at radius 3 is 2.23 bits per heavy atom. The lowest BCUT2D eigenvalue weighted by Crippen LogP contribution is -2.13. The molecule has 3 rings (SSSR count). The molecule has 0 unspecified atom stereocenters. The molecule has 0 bridgehead atoms. The first kappa shape index (κ1) is 23.4. The fourth-order valence-corrected chi connectivity index (χ4v) is 3.68. The van der Waals surface area contributed by atoms with Crippen molar-refractivity contribution in [1.29, 1.82) is 5.26 Å². The van der Waals surface area contributed by atoms with E-state index in [2.05, 4.69) is 27.9 Å². The van der Waals surface area contributed by atoms with Gasteiger partial charge in [-0.05, 0) is 88.3 Å². The van der Waals surface area contributed by atoms with Crippen LogP contribution in [0.2, 0.25) is 15.1 Å². The highest BCUT2D eigenvalue weighted by Crippen LogP contribution is 2.35. The Bertz CT molecular complexity index is 1150. The van der Waals surface area contributed by atoms with Gasteiger partial charge in [-0.1, -0.05) is 46.9 Å². The summed E-state index contributed by atoms with van der Waals surface area (Å²) in [4.78, 5) is 12.4. The van der Waals surface area contributed by atoms with Crippen molar-refractivity contribution < 1.29 is 9.53 Å². The number of nitrogens with one attached hydrogen (secondary N) is 1. The SMILES string of the molecule is N#C/C(=C/c1cc(Cl)c(OCc2ccc(I)cc2)c(Cl)c1)C(=O)Nc1ccc(Cl)cc1. The number of benzene rings is 3. The fraction of sp³-hybridized carbons (Fsp3) is 0.0435. The van der Waals surface area contributed by atoms with Gasteiger partial charge in [0.15, 0.2) is 5.75 Å². The molecule has 3 aromatic carbocycles. The number of ether oxygens (including phenoxy) is 1. The third-order valence-electron chi connectivity index (χ3n) is 4.10. The number of hydrogen-bond donors (Lipinski definition) is 1. The number of carbonyl (C=O) groups excluding carboxylic acids is 1. The maximum atomic E-state index is 12.4. The van der Waals surface area contributed by atoms with Gasteiger partial charge in [-0.25, -0.2) is 0 Å². The third kappa shape index (κ3) is 6.62. The maximum absolute atomic E-state index is 12.4. The van der Waals surface area contributed by atoms with Gasteiger partial charge >= 0.3 is 0 Å². The van der Waals surface area contributed by atoms with E-state index in [1.165, 1.54) is 6.08 Å². The standard InChI is InChI=1S/C23H14Cl3IN2O2/c24-17-3-7-19(8-4-17)29-23(30)16(12-28)9-15-10-20(25)22(21(26)11-15)31-13-14-1-5-18(27)6-2-14/h1-11H,13H2,(H,29,30)/b16-9-. The van der Waals surface area contributed by atoms with E-state index in [1.54, 1.807) is 36.4 Å². The first-order valence-electron chi connectivity index (χ1n) is 8.90. The molecule has 0 atom stereocenters. The third-order valence-corrected chi connectivity index (χ3v) is 5.63. The normalized spacial score (nSPS) is 11.0. The van der Waals surface area contributed by atoms with Crippen LogP contribution in [0.5, 0.6) is 5.75 Å². The Hall–Kier alpha value is -2.24. The first-order chi connectivity index (χ1) is 14.9. The molecule has 3 aromatic rings. The van der Waals surface area contributed by atoms with Gasteiger partial charge in [-0.3, -0.25) is 4.79 Å². The van der Waals surface area contributed by atoms with E-state index in [0.717, 1.165) is 9.13 Å². The zero-order valence-electron chi connectivity index (χ0n) is 15.8. The fourth-order valence-electron chi connectivity index (χ4n) is 2.58. The Morgan fingerprint density at radius 1 is 1.03 bits per heavy atom. The minimum Gasteiger partial charge on any atom is -0.486 e. The lowest BCUT2D eigenvalue weighted by atomic mass is 10.1. The number of halogens is 4. The summed E-state index contributed by atoms with van der Waals surface area (Å²) >= 11 is 20.8. The second-order valence-corrected chi connectivity index (χ2v) is 8.86. The van der Waals surface area contributed by atoms with Gasteiger partial charge in [0.25, 0.3) is 5.91 Å². The molecule has 0 radical (unpaired) electrons. The van der Waals surface area contributed by atoms with Gasteiger partial charge in [0.2, 0.25) is 0 Å². The van der Waals surface area contributed by atoms with Gasteiger partial charge in [-0.2, -0.15) is 5.26 Å². The molecule has 0 aromatic heterocycles. The van der Waals surface area contributed by atoms with E-state index in [0.29, 0.717) is 28.6 Å². The van der Waals surface area contributed by atoms with Crippen LogP contribution in [0.1, 0.15) is 11.1 Å². The van der Waals surface area contributed by atoms with Crippen LogP contribution in [-0.4, -0.2) is 5.91 Å². The molecule has 8 heteroatoms. The van der Waals surface area contributed by atoms with E-state index >= 15 is 0 Å². The zero-order chi connectivity index (χ0) is 22.4. The smallest absolute Gasteiger partial charge is 0.266 e. The van der Waals surface area contributed by atoms with Crippen LogP contribution >= 0.6 is 57.4 Å². The van der Waals surface area contributed by atoms with E-state index in [4.69, 9.17) is 39.5 Å². The van der Waals surface area contributed by atoms with Crippen molar-refractivity contribution >= 4 is 75.1 Å². The second-order valence-electron chi connectivity index (χ2n) is 6.36. The van der Waals surface area contributed by atoms with Crippen LogP contribution in [0, 0.1) is 14.9 Å². The van der Waals surface area contributed by atoms with Gasteiger partial charge in [0, 0.05) is 14.3 Å². The summed E-state index contributed by atoms with van der Waals surface area (Å²) < 4.78 is 6.90. The van der Waals surface area contributed by atoms with Crippen molar-refractivity contribution in [2.75, 3.05) is 5.32 Å². The van der Waals surface area contributed by atoms with E-state index < -0.39 is 5.91 Å². The van der Waals surface area contributed by atoms with Gasteiger partial charge in [-0.15, -0.1) is 0 Å². The van der Waals surface area contributed by atoms with Crippen LogP contribution < -0.4 is 10.1 Å². The zero-order valence-corrected chi connectivity index (χ0v) is 20.3. The predicted octanol–water partition coefficient (Wildman–Crippen LogP) is 7.38. The monoisotopic (exact) mass is 582 g/mol. The van der Waals surface area contributed by atoms with E-state index in [9.17, 15) is 10.1 Å². The second kappa shape index (κ2) is 10.9. The van der Waals surface area contributed by atoms with Crippen molar-refractivity contribution in [3.63, 3.8) is 0 Å². The Balaban J connectivity index is 1.76. The molecule has 1 amide bonds. The molecule has 0 aliphatic carbocycles. The highest BCUT2D eigenvalue weighted by atomic mass is 127. The van der Waals surface area contributed by atoms with Crippen LogP contribution in [-0.2, 0) is 11.4 Å². The number of anilines is 1. The maximum Gasteiger partial charge on any atom is 0.266 e. The predicted molar refractivity (Wildman–Crippen MR) is 134 cm³/mol. The quantitative estimate of drug-likeness (QED) is 0.187. The molecule has 0 saturated carbocycles. The average molecular weight is 584 g/mol. The summed E-state index contributed by atoms with van der Waals surface area (Å²) in [5, 5.41) is 13.2. The number of amides is 1. The molecule has 1 N–H and O–H groups in total. The lowest BCUT2D eigenvalue weighted by Gasteiger charge is -2.11. The van der Waals surface area contributed by atoms with E-state index in [-0.39, 0.29) is 15.6 Å². The molecule has 0 fully saturated rings. The van der Waals surface area contributed by atoms with Crippen LogP contribution in [0.25, 0.3) is 6.08 Å². The highest BCUT2D eigenvalue weighted by molar-refractivity contribution is 14.1. The van der Waals surface area contributed by atoms with Crippen LogP contribution in [0.4, 0.5) is 5.69 Å². The van der Waals surface area contributed by atoms with Gasteiger partial charge in [0.1, 0.15) is 18.2 Å². The number of nitriles is 1. The first-order valence-corrected chi connectivity index (χ1v) is 11.1. The van der Waals surface area contributed by atoms with Crippen molar-refractivity contribution in [3.8, 4) is 11.8 Å². The van der Waals surface area contributed by atoms with Gasteiger partial charge in [0.05, 0.1) is 10.0 Å². The number of nitrogens with zero attached hydrogens (tertiary/aromatic N) is 1. The molecular formula is C23H14Cl3IN2O2.